The van der Waals surface area contributed by atoms with Crippen molar-refractivity contribution < 1.29 is 19.1 Å². The molecule has 0 spiro atoms. The molecule has 110 valence electrons. The second-order valence-electron chi connectivity index (χ2n) is 6.37. The first-order chi connectivity index (χ1) is 9.04. The summed E-state index contributed by atoms with van der Waals surface area (Å²) in [6, 6.07) is 0. The molecule has 2 rings (SSSR count). The van der Waals surface area contributed by atoms with Gasteiger partial charge in [-0.2, -0.15) is 0 Å². The Morgan fingerprint density at radius 3 is 1.30 bits per heavy atom. The molecule has 20 heavy (non-hydrogen) atoms. The monoisotopic (exact) mass is 280 g/mol. The summed E-state index contributed by atoms with van der Waals surface area (Å²) in [6.45, 7) is 10.6. The van der Waals surface area contributed by atoms with Crippen LogP contribution in [-0.2, 0) is 19.1 Å². The normalized spacial score (nSPS) is 26.5. The van der Waals surface area contributed by atoms with E-state index < -0.39 is 11.1 Å². The van der Waals surface area contributed by atoms with Crippen molar-refractivity contribution >= 4 is 23.7 Å². The van der Waals surface area contributed by atoms with Gasteiger partial charge < -0.3 is 9.47 Å². The molecule has 2 atom stereocenters. The zero-order chi connectivity index (χ0) is 15.3. The van der Waals surface area contributed by atoms with Crippen molar-refractivity contribution in [2.24, 2.45) is 21.8 Å². The molecular weight excluding hydrogens is 260 g/mol. The van der Waals surface area contributed by atoms with Gasteiger partial charge in [-0.15, -0.1) is 0 Å². The summed E-state index contributed by atoms with van der Waals surface area (Å²) in [4.78, 5) is 31.9. The molecule has 0 fully saturated rings. The van der Waals surface area contributed by atoms with Crippen molar-refractivity contribution in [3.63, 3.8) is 0 Å². The first-order valence-corrected chi connectivity index (χ1v) is 6.68. The number of aliphatic imine (C=N–C) groups is 2. The standard InChI is InChI=1S/C14H20N2O4/c1-7(9-15-13(3,4)11(17)19-9)8(2)10-16-14(5,6)12(18)20-10/h7-8H,1-6H3/t7-,8+. The van der Waals surface area contributed by atoms with Crippen molar-refractivity contribution in [1.29, 1.82) is 0 Å². The van der Waals surface area contributed by atoms with Crippen LogP contribution in [0.1, 0.15) is 41.5 Å². The molecule has 0 amide bonds. The fourth-order valence-electron chi connectivity index (χ4n) is 1.94. The van der Waals surface area contributed by atoms with E-state index in [-0.39, 0.29) is 23.8 Å². The third-order valence-corrected chi connectivity index (χ3v) is 3.70. The molecule has 6 nitrogen and oxygen atoms in total. The lowest BCUT2D eigenvalue weighted by molar-refractivity contribution is -0.139. The first-order valence-electron chi connectivity index (χ1n) is 6.68. The Morgan fingerprint density at radius 2 is 1.10 bits per heavy atom. The van der Waals surface area contributed by atoms with Crippen molar-refractivity contribution in [3.8, 4) is 0 Å². The van der Waals surface area contributed by atoms with Gasteiger partial charge in [0.1, 0.15) is 0 Å². The molecule has 2 heterocycles. The molecule has 0 aliphatic carbocycles. The summed E-state index contributed by atoms with van der Waals surface area (Å²) < 4.78 is 10.4. The highest BCUT2D eigenvalue weighted by molar-refractivity contribution is 6.04. The number of ether oxygens (including phenoxy) is 2. The largest absolute Gasteiger partial charge is 0.410 e. The Bertz CT molecular complexity index is 483. The second kappa shape index (κ2) is 4.40. The van der Waals surface area contributed by atoms with Crippen LogP contribution in [0, 0.1) is 11.8 Å². The summed E-state index contributed by atoms with van der Waals surface area (Å²) >= 11 is 0. The lowest BCUT2D eigenvalue weighted by Crippen LogP contribution is -2.28. The van der Waals surface area contributed by atoms with Gasteiger partial charge in [0.2, 0.25) is 0 Å². The van der Waals surface area contributed by atoms with Crippen LogP contribution in [0.3, 0.4) is 0 Å². The first kappa shape index (κ1) is 14.7. The zero-order valence-corrected chi connectivity index (χ0v) is 12.7. The fraction of sp³-hybridized carbons (Fsp3) is 0.714. The smallest absolute Gasteiger partial charge is 0.340 e. The van der Waals surface area contributed by atoms with Crippen LogP contribution in [-0.4, -0.2) is 34.8 Å². The Morgan fingerprint density at radius 1 is 0.800 bits per heavy atom. The summed E-state index contributed by atoms with van der Waals surface area (Å²) in [5.74, 6) is -0.372. The van der Waals surface area contributed by atoms with E-state index in [1.54, 1.807) is 27.7 Å². The molecule has 0 aromatic rings. The van der Waals surface area contributed by atoms with Crippen LogP contribution < -0.4 is 0 Å². The number of carbonyl (C=O) groups is 2. The maximum absolute atomic E-state index is 11.7. The molecule has 0 aromatic carbocycles. The Kier molecular flexibility index (Phi) is 3.23. The van der Waals surface area contributed by atoms with E-state index in [2.05, 4.69) is 9.98 Å². The molecule has 0 saturated heterocycles. The Labute approximate surface area is 118 Å². The number of rotatable bonds is 3. The molecule has 0 aromatic heterocycles. The maximum Gasteiger partial charge on any atom is 0.340 e. The number of nitrogens with zero attached hydrogens (tertiary/aromatic N) is 2. The van der Waals surface area contributed by atoms with Gasteiger partial charge in [0.25, 0.3) is 0 Å². The van der Waals surface area contributed by atoms with Crippen LogP contribution in [0.2, 0.25) is 0 Å². The van der Waals surface area contributed by atoms with E-state index in [1.165, 1.54) is 0 Å². The number of esters is 2. The summed E-state index contributed by atoms with van der Waals surface area (Å²) in [6.07, 6.45) is 0. The number of cyclic esters (lactones) is 2. The molecule has 0 saturated carbocycles. The van der Waals surface area contributed by atoms with Crippen LogP contribution in [0.4, 0.5) is 0 Å². The van der Waals surface area contributed by atoms with Gasteiger partial charge in [0, 0.05) is 11.8 Å². The van der Waals surface area contributed by atoms with Crippen LogP contribution >= 0.6 is 0 Å². The predicted molar refractivity (Wildman–Crippen MR) is 73.5 cm³/mol. The molecule has 0 unspecified atom stereocenters. The summed E-state index contributed by atoms with van der Waals surface area (Å²) in [5, 5.41) is 0. The predicted octanol–water partition coefficient (Wildman–Crippen LogP) is 1.73. The molecule has 0 N–H and O–H groups in total. The van der Waals surface area contributed by atoms with E-state index in [0.29, 0.717) is 11.8 Å². The third kappa shape index (κ3) is 2.34. The van der Waals surface area contributed by atoms with Crippen molar-refractivity contribution in [2.75, 3.05) is 0 Å². The van der Waals surface area contributed by atoms with Gasteiger partial charge in [0.15, 0.2) is 22.9 Å². The van der Waals surface area contributed by atoms with Crippen molar-refractivity contribution in [2.45, 2.75) is 52.6 Å². The van der Waals surface area contributed by atoms with Gasteiger partial charge in [-0.3, -0.25) is 0 Å². The highest BCUT2D eigenvalue weighted by Crippen LogP contribution is 2.29. The highest BCUT2D eigenvalue weighted by atomic mass is 16.6. The number of hydrogen-bond acceptors (Lipinski definition) is 6. The molecule has 6 heteroatoms. The van der Waals surface area contributed by atoms with Crippen molar-refractivity contribution in [3.05, 3.63) is 0 Å². The van der Waals surface area contributed by atoms with E-state index in [0.717, 1.165) is 0 Å². The average Bonchev–Trinajstić information content (AvgIpc) is 2.75. The maximum atomic E-state index is 11.7. The molecular formula is C14H20N2O4. The van der Waals surface area contributed by atoms with Gasteiger partial charge in [-0.1, -0.05) is 13.8 Å². The fourth-order valence-corrected chi connectivity index (χ4v) is 1.94. The van der Waals surface area contributed by atoms with Gasteiger partial charge in [0.05, 0.1) is 0 Å². The minimum atomic E-state index is -0.850. The van der Waals surface area contributed by atoms with Crippen LogP contribution in [0.5, 0.6) is 0 Å². The molecule has 0 radical (unpaired) electrons. The Hall–Kier alpha value is -1.72. The number of carbonyl (C=O) groups excluding carboxylic acids is 2. The quantitative estimate of drug-likeness (QED) is 0.737. The lowest BCUT2D eigenvalue weighted by Gasteiger charge is -2.17. The SMILES string of the molecule is C[C@H](C1=NC(C)(C)C(=O)O1)[C@@H](C)C1=NC(C)(C)C(=O)O1. The summed E-state index contributed by atoms with van der Waals surface area (Å²) in [7, 11) is 0. The van der Waals surface area contributed by atoms with Crippen LogP contribution in [0.15, 0.2) is 9.98 Å². The molecule has 0 bridgehead atoms. The third-order valence-electron chi connectivity index (χ3n) is 3.70. The highest BCUT2D eigenvalue weighted by Gasteiger charge is 2.44. The van der Waals surface area contributed by atoms with Crippen LogP contribution in [0.25, 0.3) is 0 Å². The van der Waals surface area contributed by atoms with Gasteiger partial charge in [-0.25, -0.2) is 19.6 Å². The topological polar surface area (TPSA) is 77.3 Å². The minimum Gasteiger partial charge on any atom is -0.410 e. The zero-order valence-electron chi connectivity index (χ0n) is 12.7. The van der Waals surface area contributed by atoms with Gasteiger partial charge in [-0.05, 0) is 27.7 Å². The Balaban J connectivity index is 2.18. The van der Waals surface area contributed by atoms with E-state index in [4.69, 9.17) is 9.47 Å². The van der Waals surface area contributed by atoms with E-state index in [9.17, 15) is 9.59 Å². The molecule has 2 aliphatic heterocycles. The minimum absolute atomic E-state index is 0.193. The lowest BCUT2D eigenvalue weighted by atomic mass is 9.95. The number of hydrogen-bond donors (Lipinski definition) is 0. The molecule has 2 aliphatic rings. The van der Waals surface area contributed by atoms with Gasteiger partial charge >= 0.3 is 11.9 Å². The van der Waals surface area contributed by atoms with E-state index >= 15 is 0 Å². The summed E-state index contributed by atoms with van der Waals surface area (Å²) in [5.41, 5.74) is -1.70. The van der Waals surface area contributed by atoms with E-state index in [1.807, 2.05) is 13.8 Å². The van der Waals surface area contributed by atoms with Crippen molar-refractivity contribution in [1.82, 2.24) is 0 Å². The average molecular weight is 280 g/mol. The second-order valence-corrected chi connectivity index (χ2v) is 6.37.